The summed E-state index contributed by atoms with van der Waals surface area (Å²) < 4.78 is 6.31. The van der Waals surface area contributed by atoms with Crippen LogP contribution in [0.4, 0.5) is 5.69 Å². The number of nitrogens with zero attached hydrogens (tertiary/aromatic N) is 5. The Hall–Kier alpha value is -4.14. The molecule has 0 bridgehead atoms. The van der Waals surface area contributed by atoms with E-state index in [0.717, 1.165) is 15.8 Å². The predicted molar refractivity (Wildman–Crippen MR) is 110 cm³/mol. The minimum Gasteiger partial charge on any atom is -0.332 e. The summed E-state index contributed by atoms with van der Waals surface area (Å²) >= 11 is 0. The van der Waals surface area contributed by atoms with Crippen molar-refractivity contribution in [2.75, 3.05) is 5.32 Å². The number of benzene rings is 1. The number of anilines is 1. The highest BCUT2D eigenvalue weighted by molar-refractivity contribution is 5.90. The largest absolute Gasteiger partial charge is 0.332 e. The quantitative estimate of drug-likeness (QED) is 0.545. The van der Waals surface area contributed by atoms with Crippen LogP contribution in [0.25, 0.3) is 23.0 Å². The first-order valence-corrected chi connectivity index (χ1v) is 9.19. The molecule has 0 saturated heterocycles. The number of aromatic nitrogens is 5. The van der Waals surface area contributed by atoms with Crippen LogP contribution in [-0.4, -0.2) is 30.8 Å². The molecule has 4 rings (SSSR count). The lowest BCUT2D eigenvalue weighted by molar-refractivity contribution is -0.117. The summed E-state index contributed by atoms with van der Waals surface area (Å²) in [6.07, 6.45) is 3.25. The van der Waals surface area contributed by atoms with Crippen molar-refractivity contribution in [3.63, 3.8) is 0 Å². The Morgan fingerprint density at radius 2 is 2.00 bits per heavy atom. The van der Waals surface area contributed by atoms with E-state index in [-0.39, 0.29) is 24.0 Å². The van der Waals surface area contributed by atoms with Gasteiger partial charge in [0, 0.05) is 29.7 Å². The Bertz CT molecular complexity index is 1260. The van der Waals surface area contributed by atoms with Gasteiger partial charge in [-0.2, -0.15) is 10.1 Å². The van der Waals surface area contributed by atoms with Gasteiger partial charge in [0.15, 0.2) is 0 Å². The number of pyridine rings is 1. The second-order valence-corrected chi connectivity index (χ2v) is 6.73. The topological polar surface area (TPSA) is 116 Å². The number of amides is 1. The number of hydrogen-bond donors (Lipinski definition) is 1. The molecule has 0 aliphatic rings. The van der Waals surface area contributed by atoms with Crippen LogP contribution in [0.3, 0.4) is 0 Å². The molecule has 0 saturated carbocycles. The van der Waals surface area contributed by atoms with Gasteiger partial charge in [-0.3, -0.25) is 14.6 Å². The molecule has 9 heteroatoms. The Labute approximate surface area is 171 Å². The molecule has 1 aromatic carbocycles. The van der Waals surface area contributed by atoms with Crippen LogP contribution in [0, 0.1) is 13.8 Å². The second-order valence-electron chi connectivity index (χ2n) is 6.73. The van der Waals surface area contributed by atoms with Crippen molar-refractivity contribution in [2.45, 2.75) is 20.4 Å². The average Bonchev–Trinajstić information content (AvgIpc) is 3.23. The number of nitrogens with one attached hydrogen (secondary N) is 1. The number of carbonyl (C=O) groups is 1. The molecular formula is C21H18N6O3. The monoisotopic (exact) mass is 402 g/mol. The molecule has 150 valence electrons. The number of carbonyl (C=O) groups excluding carboxylic acids is 1. The predicted octanol–water partition coefficient (Wildman–Crippen LogP) is 2.61. The minimum absolute atomic E-state index is 0.136. The lowest BCUT2D eigenvalue weighted by atomic mass is 10.1. The highest BCUT2D eigenvalue weighted by Gasteiger charge is 2.14. The lowest BCUT2D eigenvalue weighted by Gasteiger charge is -2.09. The Kier molecular flexibility index (Phi) is 5.17. The van der Waals surface area contributed by atoms with Gasteiger partial charge in [-0.25, -0.2) is 4.68 Å². The maximum Gasteiger partial charge on any atom is 0.278 e. The Morgan fingerprint density at radius 3 is 2.77 bits per heavy atom. The van der Waals surface area contributed by atoms with E-state index in [1.54, 1.807) is 24.5 Å². The molecule has 3 aromatic heterocycles. The van der Waals surface area contributed by atoms with E-state index in [4.69, 9.17) is 4.52 Å². The van der Waals surface area contributed by atoms with Crippen LogP contribution in [0.5, 0.6) is 0 Å². The van der Waals surface area contributed by atoms with Crippen LogP contribution in [0.1, 0.15) is 11.1 Å². The van der Waals surface area contributed by atoms with Crippen molar-refractivity contribution in [1.29, 1.82) is 0 Å². The summed E-state index contributed by atoms with van der Waals surface area (Å²) in [5, 5.41) is 10.9. The third-order valence-electron chi connectivity index (χ3n) is 4.52. The molecular weight excluding hydrogens is 384 g/mol. The van der Waals surface area contributed by atoms with Gasteiger partial charge in [-0.15, -0.1) is 0 Å². The van der Waals surface area contributed by atoms with Gasteiger partial charge in [0.2, 0.25) is 11.7 Å². The molecule has 3 heterocycles. The zero-order valence-corrected chi connectivity index (χ0v) is 16.4. The van der Waals surface area contributed by atoms with Crippen molar-refractivity contribution >= 4 is 11.6 Å². The molecule has 0 spiro atoms. The van der Waals surface area contributed by atoms with E-state index < -0.39 is 5.56 Å². The van der Waals surface area contributed by atoms with Gasteiger partial charge in [0.05, 0.1) is 0 Å². The summed E-state index contributed by atoms with van der Waals surface area (Å²) in [6.45, 7) is 3.71. The fourth-order valence-corrected chi connectivity index (χ4v) is 2.77. The molecule has 0 atom stereocenters. The molecule has 4 aromatic rings. The molecule has 0 fully saturated rings. The Balaban J connectivity index is 1.53. The van der Waals surface area contributed by atoms with E-state index >= 15 is 0 Å². The van der Waals surface area contributed by atoms with Gasteiger partial charge in [0.1, 0.15) is 12.2 Å². The number of rotatable bonds is 5. The summed E-state index contributed by atoms with van der Waals surface area (Å²) in [4.78, 5) is 32.9. The van der Waals surface area contributed by atoms with Crippen LogP contribution in [-0.2, 0) is 11.3 Å². The molecule has 0 aliphatic carbocycles. The molecule has 1 amide bonds. The van der Waals surface area contributed by atoms with Crippen LogP contribution in [0.15, 0.2) is 64.2 Å². The van der Waals surface area contributed by atoms with E-state index in [9.17, 15) is 9.59 Å². The maximum atomic E-state index is 12.4. The SMILES string of the molecule is Cc1ccc(NC(=O)Cn2nc(-c3nc(-c4cccnc4)no3)ccc2=O)cc1C. The molecule has 0 aliphatic heterocycles. The van der Waals surface area contributed by atoms with Gasteiger partial charge >= 0.3 is 0 Å². The fourth-order valence-electron chi connectivity index (χ4n) is 2.77. The summed E-state index contributed by atoms with van der Waals surface area (Å²) in [5.74, 6) is 0.119. The fraction of sp³-hybridized carbons (Fsp3) is 0.143. The van der Waals surface area contributed by atoms with E-state index in [1.807, 2.05) is 32.0 Å². The zero-order valence-electron chi connectivity index (χ0n) is 16.4. The van der Waals surface area contributed by atoms with Crippen LogP contribution < -0.4 is 10.9 Å². The van der Waals surface area contributed by atoms with Crippen molar-refractivity contribution in [3.05, 3.63) is 76.3 Å². The molecule has 0 radical (unpaired) electrons. The van der Waals surface area contributed by atoms with Crippen LogP contribution >= 0.6 is 0 Å². The maximum absolute atomic E-state index is 12.4. The third-order valence-corrected chi connectivity index (χ3v) is 4.52. The standard InChI is InChI=1S/C21H18N6O3/c1-13-5-6-16(10-14(13)2)23-18(28)12-27-19(29)8-7-17(25-27)21-24-20(26-30-21)15-4-3-9-22-11-15/h3-11H,12H2,1-2H3,(H,23,28). The first kappa shape index (κ1) is 19.2. The summed E-state index contributed by atoms with van der Waals surface area (Å²) in [5.41, 5.74) is 3.41. The average molecular weight is 402 g/mol. The molecule has 30 heavy (non-hydrogen) atoms. The van der Waals surface area contributed by atoms with Crippen molar-refractivity contribution in [2.24, 2.45) is 0 Å². The highest BCUT2D eigenvalue weighted by Crippen LogP contribution is 2.19. The normalized spacial score (nSPS) is 10.7. The zero-order chi connectivity index (χ0) is 21.1. The molecule has 0 unspecified atom stereocenters. The van der Waals surface area contributed by atoms with Gasteiger partial charge in [-0.05, 0) is 55.3 Å². The smallest absolute Gasteiger partial charge is 0.278 e. The van der Waals surface area contributed by atoms with Gasteiger partial charge in [0.25, 0.3) is 11.4 Å². The summed E-state index contributed by atoms with van der Waals surface area (Å²) in [6, 6.07) is 11.9. The minimum atomic E-state index is -0.416. The van der Waals surface area contributed by atoms with Crippen molar-refractivity contribution in [1.82, 2.24) is 24.9 Å². The number of hydrogen-bond acceptors (Lipinski definition) is 7. The van der Waals surface area contributed by atoms with Crippen molar-refractivity contribution < 1.29 is 9.32 Å². The first-order valence-electron chi connectivity index (χ1n) is 9.19. The van der Waals surface area contributed by atoms with E-state index in [1.165, 1.54) is 12.1 Å². The second kappa shape index (κ2) is 8.08. The van der Waals surface area contributed by atoms with Crippen molar-refractivity contribution in [3.8, 4) is 23.0 Å². The third kappa shape index (κ3) is 4.14. The van der Waals surface area contributed by atoms with Crippen LogP contribution in [0.2, 0.25) is 0 Å². The van der Waals surface area contributed by atoms with E-state index in [0.29, 0.717) is 17.1 Å². The van der Waals surface area contributed by atoms with E-state index in [2.05, 4.69) is 25.5 Å². The lowest BCUT2D eigenvalue weighted by Crippen LogP contribution is -2.29. The first-order chi connectivity index (χ1) is 14.5. The molecule has 9 nitrogen and oxygen atoms in total. The Morgan fingerprint density at radius 1 is 1.13 bits per heavy atom. The van der Waals surface area contributed by atoms with Gasteiger partial charge < -0.3 is 9.84 Å². The highest BCUT2D eigenvalue weighted by atomic mass is 16.5. The summed E-state index contributed by atoms with van der Waals surface area (Å²) in [7, 11) is 0. The number of aryl methyl sites for hydroxylation is 2. The van der Waals surface area contributed by atoms with Gasteiger partial charge in [-0.1, -0.05) is 11.2 Å². The molecule has 1 N–H and O–H groups in total.